The second kappa shape index (κ2) is 4.14. The van der Waals surface area contributed by atoms with Gasteiger partial charge in [-0.25, -0.2) is 15.0 Å². The summed E-state index contributed by atoms with van der Waals surface area (Å²) in [5.74, 6) is 0.635. The molecule has 0 radical (unpaired) electrons. The van der Waals surface area contributed by atoms with Crippen molar-refractivity contribution in [2.24, 2.45) is 5.73 Å². The van der Waals surface area contributed by atoms with Gasteiger partial charge < -0.3 is 5.73 Å². The summed E-state index contributed by atoms with van der Waals surface area (Å²) >= 11 is 0. The van der Waals surface area contributed by atoms with Crippen LogP contribution in [0.3, 0.4) is 0 Å². The molecule has 4 nitrogen and oxygen atoms in total. The number of aryl methyl sites for hydroxylation is 1. The first kappa shape index (κ1) is 9.73. The average Bonchev–Trinajstić information content (AvgIpc) is 2.29. The lowest BCUT2D eigenvalue weighted by molar-refractivity contribution is 1.00. The largest absolute Gasteiger partial charge is 0.326 e. The SMILES string of the molecule is Cc1cccc(-c2ncc(CN)cn2)n1. The molecule has 0 saturated heterocycles. The molecule has 76 valence electrons. The number of rotatable bonds is 2. The van der Waals surface area contributed by atoms with Gasteiger partial charge in [0.2, 0.25) is 0 Å². The van der Waals surface area contributed by atoms with Gasteiger partial charge in [0.15, 0.2) is 5.82 Å². The molecule has 0 spiro atoms. The zero-order valence-corrected chi connectivity index (χ0v) is 8.51. The third-order valence-corrected chi connectivity index (χ3v) is 2.06. The van der Waals surface area contributed by atoms with E-state index in [0.29, 0.717) is 12.4 Å². The minimum absolute atomic E-state index is 0.460. The predicted molar refractivity (Wildman–Crippen MR) is 57.9 cm³/mol. The molecular formula is C11H12N4. The van der Waals surface area contributed by atoms with E-state index in [0.717, 1.165) is 17.0 Å². The molecule has 2 aromatic heterocycles. The highest BCUT2D eigenvalue weighted by molar-refractivity contribution is 5.48. The van der Waals surface area contributed by atoms with Crippen molar-refractivity contribution >= 4 is 0 Å². The van der Waals surface area contributed by atoms with Crippen LogP contribution in [0.25, 0.3) is 11.5 Å². The van der Waals surface area contributed by atoms with Gasteiger partial charge in [0.05, 0.1) is 0 Å². The molecule has 0 saturated carbocycles. The molecule has 0 amide bonds. The molecule has 0 aliphatic carbocycles. The van der Waals surface area contributed by atoms with Crippen LogP contribution in [0.2, 0.25) is 0 Å². The van der Waals surface area contributed by atoms with E-state index in [1.807, 2.05) is 25.1 Å². The first-order valence-corrected chi connectivity index (χ1v) is 4.74. The Morgan fingerprint density at radius 1 is 1.20 bits per heavy atom. The molecule has 2 rings (SSSR count). The van der Waals surface area contributed by atoms with Crippen molar-refractivity contribution in [2.45, 2.75) is 13.5 Å². The molecule has 0 unspecified atom stereocenters. The van der Waals surface area contributed by atoms with Crippen molar-refractivity contribution in [3.63, 3.8) is 0 Å². The summed E-state index contributed by atoms with van der Waals surface area (Å²) in [6.07, 6.45) is 3.46. The van der Waals surface area contributed by atoms with Crippen LogP contribution in [-0.4, -0.2) is 15.0 Å². The summed E-state index contributed by atoms with van der Waals surface area (Å²) in [5, 5.41) is 0. The third-order valence-electron chi connectivity index (χ3n) is 2.06. The minimum atomic E-state index is 0.460. The number of hydrogen-bond acceptors (Lipinski definition) is 4. The van der Waals surface area contributed by atoms with Crippen LogP contribution in [-0.2, 0) is 6.54 Å². The molecule has 0 bridgehead atoms. The Morgan fingerprint density at radius 2 is 1.93 bits per heavy atom. The normalized spacial score (nSPS) is 10.3. The molecule has 0 aliphatic heterocycles. The molecule has 4 heteroatoms. The van der Waals surface area contributed by atoms with Crippen LogP contribution in [0, 0.1) is 6.92 Å². The lowest BCUT2D eigenvalue weighted by atomic mass is 10.3. The number of nitrogens with two attached hydrogens (primary N) is 1. The smallest absolute Gasteiger partial charge is 0.178 e. The second-order valence-electron chi connectivity index (χ2n) is 3.28. The van der Waals surface area contributed by atoms with Gasteiger partial charge in [0.25, 0.3) is 0 Å². The quantitative estimate of drug-likeness (QED) is 0.793. The van der Waals surface area contributed by atoms with E-state index in [9.17, 15) is 0 Å². The standard InChI is InChI=1S/C11H12N4/c1-8-3-2-4-10(15-8)11-13-6-9(5-12)7-14-11/h2-4,6-7H,5,12H2,1H3. The zero-order valence-electron chi connectivity index (χ0n) is 8.51. The van der Waals surface area contributed by atoms with Gasteiger partial charge in [-0.1, -0.05) is 6.07 Å². The summed E-state index contributed by atoms with van der Waals surface area (Å²) in [7, 11) is 0. The number of pyridine rings is 1. The van der Waals surface area contributed by atoms with Crippen molar-refractivity contribution in [1.82, 2.24) is 15.0 Å². The van der Waals surface area contributed by atoms with E-state index in [-0.39, 0.29) is 0 Å². The molecule has 2 N–H and O–H groups in total. The highest BCUT2D eigenvalue weighted by atomic mass is 14.9. The van der Waals surface area contributed by atoms with Crippen LogP contribution >= 0.6 is 0 Å². The van der Waals surface area contributed by atoms with Crippen LogP contribution in [0.5, 0.6) is 0 Å². The van der Waals surface area contributed by atoms with E-state index in [1.165, 1.54) is 0 Å². The fourth-order valence-electron chi connectivity index (χ4n) is 1.26. The van der Waals surface area contributed by atoms with E-state index in [2.05, 4.69) is 15.0 Å². The van der Waals surface area contributed by atoms with E-state index < -0.39 is 0 Å². The zero-order chi connectivity index (χ0) is 10.7. The van der Waals surface area contributed by atoms with Gasteiger partial charge >= 0.3 is 0 Å². The first-order valence-electron chi connectivity index (χ1n) is 4.74. The Morgan fingerprint density at radius 3 is 2.53 bits per heavy atom. The van der Waals surface area contributed by atoms with Crippen LogP contribution < -0.4 is 5.73 Å². The van der Waals surface area contributed by atoms with Crippen LogP contribution in [0.4, 0.5) is 0 Å². The Kier molecular flexibility index (Phi) is 2.69. The fraction of sp³-hybridized carbons (Fsp3) is 0.182. The van der Waals surface area contributed by atoms with E-state index in [4.69, 9.17) is 5.73 Å². The predicted octanol–water partition coefficient (Wildman–Crippen LogP) is 1.31. The summed E-state index contributed by atoms with van der Waals surface area (Å²) in [4.78, 5) is 12.8. The maximum absolute atomic E-state index is 5.47. The maximum Gasteiger partial charge on any atom is 0.178 e. The van der Waals surface area contributed by atoms with Crippen molar-refractivity contribution in [2.75, 3.05) is 0 Å². The average molecular weight is 200 g/mol. The minimum Gasteiger partial charge on any atom is -0.326 e. The lowest BCUT2D eigenvalue weighted by Gasteiger charge is -2.01. The van der Waals surface area contributed by atoms with Gasteiger partial charge in [-0.3, -0.25) is 0 Å². The number of hydrogen-bond donors (Lipinski definition) is 1. The van der Waals surface area contributed by atoms with Crippen molar-refractivity contribution in [1.29, 1.82) is 0 Å². The molecular weight excluding hydrogens is 188 g/mol. The van der Waals surface area contributed by atoms with Gasteiger partial charge in [-0.05, 0) is 19.1 Å². The fourth-order valence-corrected chi connectivity index (χ4v) is 1.26. The van der Waals surface area contributed by atoms with Crippen LogP contribution in [0.1, 0.15) is 11.3 Å². The lowest BCUT2D eigenvalue weighted by Crippen LogP contribution is -1.99. The van der Waals surface area contributed by atoms with Gasteiger partial charge in [0.1, 0.15) is 5.69 Å². The summed E-state index contributed by atoms with van der Waals surface area (Å²) < 4.78 is 0. The molecule has 0 aromatic carbocycles. The highest BCUT2D eigenvalue weighted by Gasteiger charge is 2.01. The van der Waals surface area contributed by atoms with Crippen molar-refractivity contribution < 1.29 is 0 Å². The molecule has 0 fully saturated rings. The Labute approximate surface area is 88.2 Å². The first-order chi connectivity index (χ1) is 7.29. The van der Waals surface area contributed by atoms with Gasteiger partial charge in [0, 0.05) is 30.2 Å². The van der Waals surface area contributed by atoms with Crippen LogP contribution in [0.15, 0.2) is 30.6 Å². The summed E-state index contributed by atoms with van der Waals surface area (Å²) in [6.45, 7) is 2.40. The Hall–Kier alpha value is -1.81. The maximum atomic E-state index is 5.47. The number of nitrogens with zero attached hydrogens (tertiary/aromatic N) is 3. The Balaban J connectivity index is 2.37. The molecule has 2 heterocycles. The topological polar surface area (TPSA) is 64.7 Å². The Bertz CT molecular complexity index is 450. The van der Waals surface area contributed by atoms with Gasteiger partial charge in [-0.2, -0.15) is 0 Å². The van der Waals surface area contributed by atoms with Gasteiger partial charge in [-0.15, -0.1) is 0 Å². The van der Waals surface area contributed by atoms with Crippen molar-refractivity contribution in [3.8, 4) is 11.5 Å². The summed E-state index contributed by atoms with van der Waals surface area (Å²) in [5.41, 5.74) is 8.14. The third kappa shape index (κ3) is 2.16. The molecule has 0 atom stereocenters. The molecule has 2 aromatic rings. The number of aromatic nitrogens is 3. The van der Waals surface area contributed by atoms with Crippen molar-refractivity contribution in [3.05, 3.63) is 41.9 Å². The van der Waals surface area contributed by atoms with E-state index >= 15 is 0 Å². The monoisotopic (exact) mass is 200 g/mol. The second-order valence-corrected chi connectivity index (χ2v) is 3.28. The summed E-state index contributed by atoms with van der Waals surface area (Å²) in [6, 6.07) is 5.78. The van der Waals surface area contributed by atoms with E-state index in [1.54, 1.807) is 12.4 Å². The molecule has 15 heavy (non-hydrogen) atoms. The highest BCUT2D eigenvalue weighted by Crippen LogP contribution is 2.11. The molecule has 0 aliphatic rings.